The van der Waals surface area contributed by atoms with Gasteiger partial charge in [-0.05, 0) is 35.9 Å². The largest absolute Gasteiger partial charge is 0.493 e. The van der Waals surface area contributed by atoms with Crippen LogP contribution in [0.5, 0.6) is 11.5 Å². The van der Waals surface area contributed by atoms with Crippen LogP contribution in [0.2, 0.25) is 0 Å². The summed E-state index contributed by atoms with van der Waals surface area (Å²) in [5.41, 5.74) is -0.231. The number of amides is 1. The summed E-state index contributed by atoms with van der Waals surface area (Å²) in [5, 5.41) is 18.6. The van der Waals surface area contributed by atoms with Crippen molar-refractivity contribution in [1.29, 1.82) is 5.26 Å². The number of esters is 1. The van der Waals surface area contributed by atoms with Crippen LogP contribution >= 0.6 is 11.3 Å². The fraction of sp³-hybridized carbons (Fsp3) is 0.0952. The van der Waals surface area contributed by atoms with E-state index in [9.17, 15) is 27.7 Å². The minimum absolute atomic E-state index is 0.00183. The van der Waals surface area contributed by atoms with Crippen LogP contribution in [0.4, 0.5) is 9.52 Å². The number of nitrogens with one attached hydrogen (secondary N) is 1. The highest BCUT2D eigenvalue weighted by Gasteiger charge is 2.19. The van der Waals surface area contributed by atoms with E-state index in [1.54, 1.807) is 6.07 Å². The maximum atomic E-state index is 13.8. The molecule has 0 unspecified atom stereocenters. The lowest BCUT2D eigenvalue weighted by Gasteiger charge is -2.10. The highest BCUT2D eigenvalue weighted by Crippen LogP contribution is 2.30. The molecule has 174 valence electrons. The molecule has 34 heavy (non-hydrogen) atoms. The van der Waals surface area contributed by atoms with Gasteiger partial charge in [0, 0.05) is 6.26 Å². The molecule has 0 bridgehead atoms. The van der Waals surface area contributed by atoms with Crippen molar-refractivity contribution in [3.63, 3.8) is 0 Å². The smallest absolute Gasteiger partial charge is 0.346 e. The number of anilines is 1. The van der Waals surface area contributed by atoms with Crippen molar-refractivity contribution in [2.45, 2.75) is 4.34 Å². The van der Waals surface area contributed by atoms with Crippen molar-refractivity contribution in [3.05, 3.63) is 65.0 Å². The predicted octanol–water partition coefficient (Wildman–Crippen LogP) is 2.85. The highest BCUT2D eigenvalue weighted by atomic mass is 32.2. The number of sulfone groups is 1. The Bertz CT molecular complexity index is 1440. The standard InChI is InChI=1S/C21H15FN4O6S2/c1-31-17-10-12(7-8-16(17)32-19(28)14-5-3-4-6-15(14)22)9-13(11-23)18(27)24-20-25-26-21(33-20)34(2,29)30/h3-10H,1-2H3,(H,24,25,27). The molecule has 0 saturated carbocycles. The van der Waals surface area contributed by atoms with E-state index in [4.69, 9.17) is 9.47 Å². The monoisotopic (exact) mass is 502 g/mol. The molecule has 3 rings (SSSR count). The Morgan fingerprint density at radius 3 is 2.53 bits per heavy atom. The van der Waals surface area contributed by atoms with Gasteiger partial charge >= 0.3 is 5.97 Å². The molecule has 2 aromatic carbocycles. The van der Waals surface area contributed by atoms with Gasteiger partial charge in [0.15, 0.2) is 11.5 Å². The van der Waals surface area contributed by atoms with Crippen molar-refractivity contribution >= 4 is 44.3 Å². The molecular weight excluding hydrogens is 487 g/mol. The summed E-state index contributed by atoms with van der Waals surface area (Å²) >= 11 is 0.641. The van der Waals surface area contributed by atoms with E-state index >= 15 is 0 Å². The van der Waals surface area contributed by atoms with Gasteiger partial charge in [-0.2, -0.15) is 5.26 Å². The number of benzene rings is 2. The topological polar surface area (TPSA) is 148 Å². The summed E-state index contributed by atoms with van der Waals surface area (Å²) < 4.78 is 46.9. The number of nitrogens with zero attached hydrogens (tertiary/aromatic N) is 3. The molecule has 0 saturated heterocycles. The SMILES string of the molecule is COc1cc(C=C(C#N)C(=O)Nc2nnc(S(C)(=O)=O)s2)ccc1OC(=O)c1ccccc1F. The van der Waals surface area contributed by atoms with E-state index in [0.717, 1.165) is 12.3 Å². The minimum atomic E-state index is -3.59. The fourth-order valence-electron chi connectivity index (χ4n) is 2.53. The quantitative estimate of drug-likeness (QED) is 0.169. The zero-order valence-electron chi connectivity index (χ0n) is 17.6. The number of ether oxygens (including phenoxy) is 2. The first kappa shape index (κ1) is 24.5. The summed E-state index contributed by atoms with van der Waals surface area (Å²) in [7, 11) is -2.27. The number of carbonyl (C=O) groups is 2. The zero-order chi connectivity index (χ0) is 24.9. The van der Waals surface area contributed by atoms with Crippen molar-refractivity contribution < 1.29 is 31.9 Å². The molecule has 0 aliphatic rings. The summed E-state index contributed by atoms with van der Waals surface area (Å²) in [6.07, 6.45) is 2.18. The Labute approximate surface area is 197 Å². The van der Waals surface area contributed by atoms with Gasteiger partial charge in [0.05, 0.1) is 12.7 Å². The third-order valence-electron chi connectivity index (χ3n) is 4.10. The molecule has 0 atom stereocenters. The van der Waals surface area contributed by atoms with Crippen molar-refractivity contribution in [2.24, 2.45) is 0 Å². The second kappa shape index (κ2) is 10.2. The van der Waals surface area contributed by atoms with Gasteiger partial charge in [-0.3, -0.25) is 10.1 Å². The third-order valence-corrected chi connectivity index (χ3v) is 6.61. The van der Waals surface area contributed by atoms with Gasteiger partial charge in [-0.1, -0.05) is 29.5 Å². The van der Waals surface area contributed by atoms with Crippen LogP contribution in [0, 0.1) is 17.1 Å². The van der Waals surface area contributed by atoms with Crippen LogP contribution in [0.15, 0.2) is 52.4 Å². The second-order valence-electron chi connectivity index (χ2n) is 6.55. The molecule has 1 heterocycles. The normalized spacial score (nSPS) is 11.4. The van der Waals surface area contributed by atoms with Gasteiger partial charge in [-0.25, -0.2) is 17.6 Å². The Kier molecular flexibility index (Phi) is 7.34. The average molecular weight is 503 g/mol. The number of nitriles is 1. The Hall–Kier alpha value is -4.15. The third kappa shape index (κ3) is 5.80. The van der Waals surface area contributed by atoms with E-state index in [1.165, 1.54) is 49.6 Å². The Morgan fingerprint density at radius 2 is 1.91 bits per heavy atom. The molecule has 1 N–H and O–H groups in total. The predicted molar refractivity (Wildman–Crippen MR) is 120 cm³/mol. The number of halogens is 1. The molecule has 0 aliphatic heterocycles. The number of carbonyl (C=O) groups excluding carboxylic acids is 2. The van der Waals surface area contributed by atoms with Crippen LogP contribution < -0.4 is 14.8 Å². The number of methoxy groups -OCH3 is 1. The summed E-state index contributed by atoms with van der Waals surface area (Å²) in [6.45, 7) is 0. The molecule has 1 aromatic heterocycles. The number of rotatable bonds is 7. The molecule has 0 aliphatic carbocycles. The summed E-state index contributed by atoms with van der Waals surface area (Å²) in [6, 6.07) is 11.3. The first-order chi connectivity index (χ1) is 16.1. The van der Waals surface area contributed by atoms with Gasteiger partial charge < -0.3 is 9.47 Å². The van der Waals surface area contributed by atoms with Crippen molar-refractivity contribution in [1.82, 2.24) is 10.2 Å². The molecule has 0 radical (unpaired) electrons. The van der Waals surface area contributed by atoms with Crippen molar-refractivity contribution in [2.75, 3.05) is 18.7 Å². The molecule has 1 amide bonds. The molecule has 3 aromatic rings. The fourth-order valence-corrected chi connectivity index (χ4v) is 4.03. The lowest BCUT2D eigenvalue weighted by molar-refractivity contribution is -0.112. The van der Waals surface area contributed by atoms with E-state index in [2.05, 4.69) is 15.5 Å². The zero-order valence-corrected chi connectivity index (χ0v) is 19.2. The molecule has 10 nitrogen and oxygen atoms in total. The number of aromatic nitrogens is 2. The maximum absolute atomic E-state index is 13.8. The van der Waals surface area contributed by atoms with E-state index < -0.39 is 27.5 Å². The van der Waals surface area contributed by atoms with E-state index in [0.29, 0.717) is 16.9 Å². The van der Waals surface area contributed by atoms with Gasteiger partial charge in [0.25, 0.3) is 5.91 Å². The lowest BCUT2D eigenvalue weighted by atomic mass is 10.1. The van der Waals surface area contributed by atoms with Crippen LogP contribution in [0.1, 0.15) is 15.9 Å². The first-order valence-corrected chi connectivity index (χ1v) is 11.9. The Balaban J connectivity index is 1.80. The van der Waals surface area contributed by atoms with Gasteiger partial charge in [-0.15, -0.1) is 10.2 Å². The first-order valence-electron chi connectivity index (χ1n) is 9.24. The van der Waals surface area contributed by atoms with Crippen molar-refractivity contribution in [3.8, 4) is 17.6 Å². The second-order valence-corrected chi connectivity index (χ2v) is 9.72. The summed E-state index contributed by atoms with van der Waals surface area (Å²) in [5.74, 6) is -2.42. The molecule has 0 spiro atoms. The molecule has 13 heteroatoms. The lowest BCUT2D eigenvalue weighted by Crippen LogP contribution is -2.13. The van der Waals surface area contributed by atoms with Crippen LogP contribution in [-0.2, 0) is 14.6 Å². The van der Waals surface area contributed by atoms with Crippen LogP contribution in [0.25, 0.3) is 6.08 Å². The van der Waals surface area contributed by atoms with E-state index in [-0.39, 0.29) is 32.1 Å². The summed E-state index contributed by atoms with van der Waals surface area (Å²) in [4.78, 5) is 24.7. The van der Waals surface area contributed by atoms with Crippen LogP contribution in [-0.4, -0.2) is 43.9 Å². The van der Waals surface area contributed by atoms with Crippen LogP contribution in [0.3, 0.4) is 0 Å². The van der Waals surface area contributed by atoms with Gasteiger partial charge in [0.1, 0.15) is 17.5 Å². The average Bonchev–Trinajstić information content (AvgIpc) is 3.27. The number of hydrogen-bond acceptors (Lipinski definition) is 10. The Morgan fingerprint density at radius 1 is 1.18 bits per heavy atom. The van der Waals surface area contributed by atoms with Gasteiger partial charge in [0.2, 0.25) is 19.3 Å². The number of hydrogen-bond donors (Lipinski definition) is 1. The highest BCUT2D eigenvalue weighted by molar-refractivity contribution is 7.92. The maximum Gasteiger partial charge on any atom is 0.346 e. The minimum Gasteiger partial charge on any atom is -0.493 e. The van der Waals surface area contributed by atoms with E-state index in [1.807, 2.05) is 0 Å². The molecular formula is C21H15FN4O6S2. The molecule has 0 fully saturated rings.